The molecule has 1 rings (SSSR count). The first kappa shape index (κ1) is 14.1. The third-order valence-corrected chi connectivity index (χ3v) is 2.41. The Labute approximate surface area is 105 Å². The fourth-order valence-corrected chi connectivity index (χ4v) is 1.50. The predicted octanol–water partition coefficient (Wildman–Crippen LogP) is 2.75. The van der Waals surface area contributed by atoms with Crippen molar-refractivity contribution in [1.82, 2.24) is 10.3 Å². The molecule has 0 aromatic carbocycles. The molecule has 3 heteroatoms. The van der Waals surface area contributed by atoms with E-state index in [4.69, 9.17) is 4.74 Å². The Hall–Kier alpha value is -0.930. The number of nitrogens with zero attached hydrogens (tertiary/aromatic N) is 1. The first-order valence-corrected chi connectivity index (χ1v) is 6.34. The van der Waals surface area contributed by atoms with Crippen molar-refractivity contribution >= 4 is 0 Å². The molecule has 3 nitrogen and oxygen atoms in total. The van der Waals surface area contributed by atoms with Crippen LogP contribution in [0.5, 0.6) is 0 Å². The van der Waals surface area contributed by atoms with Gasteiger partial charge in [-0.05, 0) is 37.9 Å². The van der Waals surface area contributed by atoms with Gasteiger partial charge in [-0.15, -0.1) is 0 Å². The number of aromatic nitrogens is 1. The zero-order valence-electron chi connectivity index (χ0n) is 11.4. The Kier molecular flexibility index (Phi) is 6.16. The van der Waals surface area contributed by atoms with E-state index < -0.39 is 0 Å². The summed E-state index contributed by atoms with van der Waals surface area (Å²) in [6, 6.07) is 4.09. The molecule has 0 fully saturated rings. The number of hydrogen-bond donors (Lipinski definition) is 1. The highest BCUT2D eigenvalue weighted by molar-refractivity contribution is 5.18. The Morgan fingerprint density at radius 3 is 2.71 bits per heavy atom. The molecule has 0 atom stereocenters. The van der Waals surface area contributed by atoms with Gasteiger partial charge in [0, 0.05) is 12.7 Å². The van der Waals surface area contributed by atoms with Gasteiger partial charge in [-0.1, -0.05) is 19.9 Å². The molecule has 1 heterocycles. The molecule has 0 unspecified atom stereocenters. The van der Waals surface area contributed by atoms with E-state index in [1.165, 1.54) is 5.56 Å². The monoisotopic (exact) mass is 236 g/mol. The van der Waals surface area contributed by atoms with E-state index in [0.29, 0.717) is 12.5 Å². The van der Waals surface area contributed by atoms with Gasteiger partial charge in [-0.2, -0.15) is 0 Å². The first-order valence-electron chi connectivity index (χ1n) is 6.34. The van der Waals surface area contributed by atoms with Crippen molar-refractivity contribution in [3.8, 4) is 0 Å². The second-order valence-electron chi connectivity index (χ2n) is 4.99. The van der Waals surface area contributed by atoms with Crippen LogP contribution in [0, 0.1) is 5.92 Å². The van der Waals surface area contributed by atoms with Crippen LogP contribution in [-0.4, -0.2) is 17.6 Å². The molecule has 0 bridgehead atoms. The molecular formula is C14H24N2O. The zero-order chi connectivity index (χ0) is 12.7. The molecule has 0 radical (unpaired) electrons. The van der Waals surface area contributed by atoms with Crippen molar-refractivity contribution in [3.05, 3.63) is 29.6 Å². The summed E-state index contributed by atoms with van der Waals surface area (Å²) in [5, 5.41) is 3.43. The molecule has 1 N–H and O–H groups in total. The van der Waals surface area contributed by atoms with Crippen LogP contribution in [0.25, 0.3) is 0 Å². The van der Waals surface area contributed by atoms with Gasteiger partial charge in [0.05, 0.1) is 18.4 Å². The lowest BCUT2D eigenvalue weighted by Gasteiger charge is -2.12. The van der Waals surface area contributed by atoms with Crippen molar-refractivity contribution in [1.29, 1.82) is 0 Å². The third-order valence-electron chi connectivity index (χ3n) is 2.41. The Bertz CT molecular complexity index is 324. The number of rotatable bonds is 7. The van der Waals surface area contributed by atoms with Crippen molar-refractivity contribution in [2.75, 3.05) is 6.54 Å². The zero-order valence-corrected chi connectivity index (χ0v) is 11.4. The second kappa shape index (κ2) is 7.41. The molecule has 0 aliphatic carbocycles. The molecule has 0 aliphatic heterocycles. The quantitative estimate of drug-likeness (QED) is 0.790. The van der Waals surface area contributed by atoms with Crippen LogP contribution in [-0.2, 0) is 17.9 Å². The molecule has 0 aliphatic rings. The van der Waals surface area contributed by atoms with Crippen LogP contribution in [0.1, 0.15) is 39.0 Å². The van der Waals surface area contributed by atoms with Crippen molar-refractivity contribution < 1.29 is 4.74 Å². The number of hydrogen-bond acceptors (Lipinski definition) is 3. The van der Waals surface area contributed by atoms with Crippen LogP contribution in [0.15, 0.2) is 18.3 Å². The highest BCUT2D eigenvalue weighted by atomic mass is 16.5. The van der Waals surface area contributed by atoms with Gasteiger partial charge >= 0.3 is 0 Å². The van der Waals surface area contributed by atoms with E-state index in [0.717, 1.165) is 18.8 Å². The van der Waals surface area contributed by atoms with Gasteiger partial charge in [0.1, 0.15) is 0 Å². The summed E-state index contributed by atoms with van der Waals surface area (Å²) in [6.07, 6.45) is 2.07. The maximum Gasteiger partial charge on any atom is 0.0894 e. The van der Waals surface area contributed by atoms with Crippen LogP contribution in [0.3, 0.4) is 0 Å². The van der Waals surface area contributed by atoms with Crippen molar-refractivity contribution in [3.63, 3.8) is 0 Å². The summed E-state index contributed by atoms with van der Waals surface area (Å²) in [5.74, 6) is 0.669. The van der Waals surface area contributed by atoms with Crippen LogP contribution >= 0.6 is 0 Å². The van der Waals surface area contributed by atoms with E-state index in [2.05, 4.69) is 30.2 Å². The molecule has 0 spiro atoms. The van der Waals surface area contributed by atoms with Crippen molar-refractivity contribution in [2.24, 2.45) is 5.92 Å². The third kappa shape index (κ3) is 5.80. The number of ether oxygens (including phenoxy) is 1. The van der Waals surface area contributed by atoms with Crippen LogP contribution in [0.2, 0.25) is 0 Å². The summed E-state index contributed by atoms with van der Waals surface area (Å²) in [4.78, 5) is 4.38. The predicted molar refractivity (Wildman–Crippen MR) is 70.7 cm³/mol. The summed E-state index contributed by atoms with van der Waals surface area (Å²) >= 11 is 0. The van der Waals surface area contributed by atoms with Crippen LogP contribution in [0.4, 0.5) is 0 Å². The Balaban J connectivity index is 2.51. The summed E-state index contributed by atoms with van der Waals surface area (Å²) in [7, 11) is 0. The summed E-state index contributed by atoms with van der Waals surface area (Å²) in [5.41, 5.74) is 2.27. The summed E-state index contributed by atoms with van der Waals surface area (Å²) < 4.78 is 5.61. The topological polar surface area (TPSA) is 34.2 Å². The first-order chi connectivity index (χ1) is 8.09. The molecule has 0 saturated carbocycles. The normalized spacial score (nSPS) is 11.4. The Morgan fingerprint density at radius 2 is 2.06 bits per heavy atom. The average Bonchev–Trinajstić information content (AvgIpc) is 2.27. The molecule has 0 amide bonds. The minimum absolute atomic E-state index is 0.244. The number of nitrogens with one attached hydrogen (secondary N) is 1. The minimum atomic E-state index is 0.244. The van der Waals surface area contributed by atoms with E-state index in [-0.39, 0.29) is 6.10 Å². The second-order valence-corrected chi connectivity index (χ2v) is 4.99. The lowest BCUT2D eigenvalue weighted by Crippen LogP contribution is -2.20. The fraction of sp³-hybridized carbons (Fsp3) is 0.643. The minimum Gasteiger partial charge on any atom is -0.372 e. The van der Waals surface area contributed by atoms with Gasteiger partial charge in [-0.25, -0.2) is 0 Å². The highest BCUT2D eigenvalue weighted by Crippen LogP contribution is 2.08. The van der Waals surface area contributed by atoms with Gasteiger partial charge in [-0.3, -0.25) is 4.98 Å². The Morgan fingerprint density at radius 1 is 1.29 bits per heavy atom. The molecule has 1 aromatic heterocycles. The van der Waals surface area contributed by atoms with Gasteiger partial charge in [0.25, 0.3) is 0 Å². The summed E-state index contributed by atoms with van der Waals surface area (Å²) in [6.45, 7) is 11.0. The van der Waals surface area contributed by atoms with Gasteiger partial charge < -0.3 is 10.1 Å². The van der Waals surface area contributed by atoms with Gasteiger partial charge in [0.15, 0.2) is 0 Å². The van der Waals surface area contributed by atoms with E-state index in [1.807, 2.05) is 26.1 Å². The SMILES string of the molecule is CC(C)CNCc1cccnc1COC(C)C. The fourth-order valence-electron chi connectivity index (χ4n) is 1.50. The average molecular weight is 236 g/mol. The maximum atomic E-state index is 5.61. The molecule has 96 valence electrons. The standard InChI is InChI=1S/C14H24N2O/c1-11(2)8-15-9-13-6-5-7-16-14(13)10-17-12(3)4/h5-7,11-12,15H,8-10H2,1-4H3. The largest absolute Gasteiger partial charge is 0.372 e. The lowest BCUT2D eigenvalue weighted by atomic mass is 10.2. The maximum absolute atomic E-state index is 5.61. The van der Waals surface area contributed by atoms with Crippen LogP contribution < -0.4 is 5.32 Å². The van der Waals surface area contributed by atoms with E-state index >= 15 is 0 Å². The highest BCUT2D eigenvalue weighted by Gasteiger charge is 2.04. The smallest absolute Gasteiger partial charge is 0.0894 e. The van der Waals surface area contributed by atoms with Gasteiger partial charge in [0.2, 0.25) is 0 Å². The molecular weight excluding hydrogens is 212 g/mol. The number of pyridine rings is 1. The molecule has 17 heavy (non-hydrogen) atoms. The van der Waals surface area contributed by atoms with Crippen molar-refractivity contribution in [2.45, 2.75) is 47.0 Å². The molecule has 0 saturated heterocycles. The van der Waals surface area contributed by atoms with E-state index in [9.17, 15) is 0 Å². The molecule has 1 aromatic rings. The lowest BCUT2D eigenvalue weighted by molar-refractivity contribution is 0.0630. The van der Waals surface area contributed by atoms with E-state index in [1.54, 1.807) is 0 Å².